The standard InChI is InChI=1S/C17H13N3O/c1-11-9-16-18-19-17(21)20(16)15-10-13(7-8-14(11)15)12-5-3-2-4-6-12/h2-10H,1H3,(H,19,21). The first-order valence-electron chi connectivity index (χ1n) is 6.80. The smallest absolute Gasteiger partial charge is 0.246 e. The molecular weight excluding hydrogens is 262 g/mol. The Morgan fingerprint density at radius 3 is 2.62 bits per heavy atom. The highest BCUT2D eigenvalue weighted by Crippen LogP contribution is 2.26. The number of aryl methyl sites for hydroxylation is 1. The van der Waals surface area contributed by atoms with Crippen molar-refractivity contribution < 1.29 is 0 Å². The van der Waals surface area contributed by atoms with Crippen LogP contribution in [0.15, 0.2) is 59.4 Å². The Labute approximate surface area is 120 Å². The fraction of sp³-hybridized carbons (Fsp3) is 0.0588. The number of hydrogen-bond donors (Lipinski definition) is 1. The van der Waals surface area contributed by atoms with Gasteiger partial charge in [-0.1, -0.05) is 42.5 Å². The molecule has 102 valence electrons. The molecule has 2 aromatic heterocycles. The fourth-order valence-electron chi connectivity index (χ4n) is 2.77. The van der Waals surface area contributed by atoms with Gasteiger partial charge < -0.3 is 0 Å². The predicted octanol–water partition coefficient (Wildman–Crippen LogP) is 3.15. The average Bonchev–Trinajstić information content (AvgIpc) is 2.89. The van der Waals surface area contributed by atoms with E-state index in [1.54, 1.807) is 4.40 Å². The number of aromatic amines is 1. The maximum Gasteiger partial charge on any atom is 0.348 e. The molecule has 0 saturated carbocycles. The molecule has 2 aromatic carbocycles. The second kappa shape index (κ2) is 4.31. The number of pyridine rings is 1. The molecule has 0 aliphatic carbocycles. The van der Waals surface area contributed by atoms with Crippen molar-refractivity contribution in [2.45, 2.75) is 6.92 Å². The summed E-state index contributed by atoms with van der Waals surface area (Å²) in [5, 5.41) is 7.63. The van der Waals surface area contributed by atoms with Crippen LogP contribution in [0.2, 0.25) is 0 Å². The molecule has 0 fully saturated rings. The molecule has 0 saturated heterocycles. The summed E-state index contributed by atoms with van der Waals surface area (Å²) in [4.78, 5) is 12.0. The number of rotatable bonds is 1. The normalized spacial score (nSPS) is 11.3. The van der Waals surface area contributed by atoms with Gasteiger partial charge in [0.1, 0.15) is 0 Å². The average molecular weight is 275 g/mol. The van der Waals surface area contributed by atoms with Gasteiger partial charge in [0.05, 0.1) is 5.52 Å². The third kappa shape index (κ3) is 1.76. The molecule has 0 aliphatic heterocycles. The molecule has 4 nitrogen and oxygen atoms in total. The van der Waals surface area contributed by atoms with Gasteiger partial charge in [0.2, 0.25) is 0 Å². The Morgan fingerprint density at radius 1 is 1.00 bits per heavy atom. The summed E-state index contributed by atoms with van der Waals surface area (Å²) < 4.78 is 1.62. The first kappa shape index (κ1) is 11.9. The van der Waals surface area contributed by atoms with Gasteiger partial charge in [0, 0.05) is 5.39 Å². The summed E-state index contributed by atoms with van der Waals surface area (Å²) in [6.07, 6.45) is 0. The molecule has 1 N–H and O–H groups in total. The van der Waals surface area contributed by atoms with E-state index >= 15 is 0 Å². The molecule has 2 heterocycles. The molecule has 0 aliphatic rings. The van der Waals surface area contributed by atoms with Crippen molar-refractivity contribution >= 4 is 16.6 Å². The molecule has 4 aromatic rings. The molecule has 0 atom stereocenters. The van der Waals surface area contributed by atoms with Crippen LogP contribution in [-0.4, -0.2) is 14.6 Å². The molecule has 21 heavy (non-hydrogen) atoms. The third-order valence-corrected chi connectivity index (χ3v) is 3.81. The van der Waals surface area contributed by atoms with E-state index < -0.39 is 0 Å². The zero-order valence-corrected chi connectivity index (χ0v) is 11.5. The van der Waals surface area contributed by atoms with Crippen LogP contribution < -0.4 is 5.69 Å². The van der Waals surface area contributed by atoms with Gasteiger partial charge in [-0.15, -0.1) is 0 Å². The van der Waals surface area contributed by atoms with Gasteiger partial charge >= 0.3 is 5.69 Å². The van der Waals surface area contributed by atoms with Crippen molar-refractivity contribution in [1.29, 1.82) is 0 Å². The first-order valence-corrected chi connectivity index (χ1v) is 6.80. The summed E-state index contributed by atoms with van der Waals surface area (Å²) in [5.74, 6) is 0. The van der Waals surface area contributed by atoms with Gasteiger partial charge in [0.15, 0.2) is 5.65 Å². The van der Waals surface area contributed by atoms with Crippen LogP contribution in [0.5, 0.6) is 0 Å². The molecule has 0 bridgehead atoms. The maximum atomic E-state index is 12.0. The number of benzene rings is 2. The molecule has 4 rings (SSSR count). The Morgan fingerprint density at radius 2 is 1.81 bits per heavy atom. The second-order valence-electron chi connectivity index (χ2n) is 5.15. The van der Waals surface area contributed by atoms with Crippen molar-refractivity contribution in [2.24, 2.45) is 0 Å². The lowest BCUT2D eigenvalue weighted by atomic mass is 10.0. The number of nitrogens with zero attached hydrogens (tertiary/aromatic N) is 2. The van der Waals surface area contributed by atoms with E-state index in [4.69, 9.17) is 0 Å². The van der Waals surface area contributed by atoms with E-state index in [0.717, 1.165) is 27.6 Å². The van der Waals surface area contributed by atoms with Crippen LogP contribution in [0.25, 0.3) is 27.7 Å². The molecule has 0 unspecified atom stereocenters. The van der Waals surface area contributed by atoms with Crippen molar-refractivity contribution in [3.8, 4) is 11.1 Å². The molecule has 0 spiro atoms. The Bertz CT molecular complexity index is 1010. The van der Waals surface area contributed by atoms with Crippen LogP contribution in [0.3, 0.4) is 0 Å². The quantitative estimate of drug-likeness (QED) is 0.580. The fourth-order valence-corrected chi connectivity index (χ4v) is 2.77. The molecule has 4 heteroatoms. The van der Waals surface area contributed by atoms with Gasteiger partial charge in [0.25, 0.3) is 0 Å². The Kier molecular flexibility index (Phi) is 2.44. The summed E-state index contributed by atoms with van der Waals surface area (Å²) in [7, 11) is 0. The van der Waals surface area contributed by atoms with Gasteiger partial charge in [-0.3, -0.25) is 0 Å². The van der Waals surface area contributed by atoms with Gasteiger partial charge in [-0.25, -0.2) is 14.3 Å². The lowest BCUT2D eigenvalue weighted by Crippen LogP contribution is -2.10. The number of aromatic nitrogens is 3. The third-order valence-electron chi connectivity index (χ3n) is 3.81. The van der Waals surface area contributed by atoms with Crippen molar-refractivity contribution in [2.75, 3.05) is 0 Å². The molecule has 0 radical (unpaired) electrons. The van der Waals surface area contributed by atoms with Crippen LogP contribution in [0.4, 0.5) is 0 Å². The first-order chi connectivity index (χ1) is 10.2. The van der Waals surface area contributed by atoms with Crippen molar-refractivity contribution in [1.82, 2.24) is 14.6 Å². The Balaban J connectivity index is 2.13. The van der Waals surface area contributed by atoms with Crippen LogP contribution in [0, 0.1) is 6.92 Å². The topological polar surface area (TPSA) is 50.2 Å². The predicted molar refractivity (Wildman–Crippen MR) is 83.5 cm³/mol. The van der Waals surface area contributed by atoms with E-state index in [9.17, 15) is 4.79 Å². The van der Waals surface area contributed by atoms with E-state index in [-0.39, 0.29) is 5.69 Å². The second-order valence-corrected chi connectivity index (χ2v) is 5.15. The maximum absolute atomic E-state index is 12.0. The number of hydrogen-bond acceptors (Lipinski definition) is 2. The summed E-state index contributed by atoms with van der Waals surface area (Å²) in [5.41, 5.74) is 4.64. The molecular formula is C17H13N3O. The zero-order chi connectivity index (χ0) is 14.4. The minimum absolute atomic E-state index is 0.208. The zero-order valence-electron chi connectivity index (χ0n) is 11.5. The van der Waals surface area contributed by atoms with E-state index in [0.29, 0.717) is 5.65 Å². The number of H-pyrrole nitrogens is 1. The minimum Gasteiger partial charge on any atom is -0.246 e. The van der Waals surface area contributed by atoms with E-state index in [1.807, 2.05) is 37.3 Å². The van der Waals surface area contributed by atoms with Crippen LogP contribution >= 0.6 is 0 Å². The van der Waals surface area contributed by atoms with Gasteiger partial charge in [-0.05, 0) is 35.7 Å². The lowest BCUT2D eigenvalue weighted by molar-refractivity contribution is 1.04. The molecule has 0 amide bonds. The monoisotopic (exact) mass is 275 g/mol. The highest BCUT2D eigenvalue weighted by atomic mass is 16.1. The van der Waals surface area contributed by atoms with E-state index in [1.165, 1.54) is 0 Å². The van der Waals surface area contributed by atoms with Crippen molar-refractivity contribution in [3.63, 3.8) is 0 Å². The summed E-state index contributed by atoms with van der Waals surface area (Å²) in [6, 6.07) is 18.2. The highest BCUT2D eigenvalue weighted by molar-refractivity contribution is 5.89. The van der Waals surface area contributed by atoms with Gasteiger partial charge in [-0.2, -0.15) is 5.10 Å². The van der Waals surface area contributed by atoms with Crippen molar-refractivity contribution in [3.05, 3.63) is 70.6 Å². The number of fused-ring (bicyclic) bond motifs is 3. The highest BCUT2D eigenvalue weighted by Gasteiger charge is 2.09. The van der Waals surface area contributed by atoms with E-state index in [2.05, 4.69) is 34.5 Å². The largest absolute Gasteiger partial charge is 0.348 e. The Hall–Kier alpha value is -2.88. The SMILES string of the molecule is Cc1cc2n[nH]c(=O)n2c2cc(-c3ccccc3)ccc12. The summed E-state index contributed by atoms with van der Waals surface area (Å²) in [6.45, 7) is 2.03. The number of nitrogens with one attached hydrogen (secondary N) is 1. The lowest BCUT2D eigenvalue weighted by Gasteiger charge is -2.08. The van der Waals surface area contributed by atoms with Crippen LogP contribution in [-0.2, 0) is 0 Å². The van der Waals surface area contributed by atoms with Crippen LogP contribution in [0.1, 0.15) is 5.56 Å². The minimum atomic E-state index is -0.208. The summed E-state index contributed by atoms with van der Waals surface area (Å²) >= 11 is 0.